The predicted octanol–water partition coefficient (Wildman–Crippen LogP) is 4.39. The summed E-state index contributed by atoms with van der Waals surface area (Å²) in [6.45, 7) is 0. The van der Waals surface area contributed by atoms with Crippen molar-refractivity contribution in [2.45, 2.75) is 0 Å². The van der Waals surface area contributed by atoms with E-state index in [1.54, 1.807) is 18.2 Å². The normalized spacial score (nSPS) is 10.2. The van der Waals surface area contributed by atoms with Gasteiger partial charge in [-0.25, -0.2) is 4.79 Å². The van der Waals surface area contributed by atoms with Crippen molar-refractivity contribution in [3.05, 3.63) is 66.7 Å². The molecular weight excluding hydrogens is 346 g/mol. The Kier molecular flexibility index (Phi) is 5.34. The Morgan fingerprint density at radius 2 is 1.77 bits per heavy atom. The molecule has 3 rings (SSSR count). The van der Waals surface area contributed by atoms with E-state index in [2.05, 4.69) is 28.8 Å². The van der Waals surface area contributed by atoms with E-state index < -0.39 is 6.09 Å². The summed E-state index contributed by atoms with van der Waals surface area (Å²) in [7, 11) is 3.43. The summed E-state index contributed by atoms with van der Waals surface area (Å²) in [5.74, 6) is 0.435. The lowest BCUT2D eigenvalue weighted by Gasteiger charge is -2.23. The summed E-state index contributed by atoms with van der Waals surface area (Å²) in [6.07, 6.45) is -0.516. The van der Waals surface area contributed by atoms with Gasteiger partial charge in [-0.05, 0) is 35.8 Å². The molecule has 0 heterocycles. The van der Waals surface area contributed by atoms with Gasteiger partial charge in [0.05, 0.1) is 5.69 Å². The first-order valence-corrected chi connectivity index (χ1v) is 8.51. The highest BCUT2D eigenvalue weighted by atomic mass is 32.1. The quantitative estimate of drug-likeness (QED) is 0.674. The van der Waals surface area contributed by atoms with Crippen LogP contribution in [0, 0.1) is 0 Å². The molecule has 0 atom stereocenters. The molecule has 0 aliphatic rings. The van der Waals surface area contributed by atoms with Crippen LogP contribution in [0.15, 0.2) is 66.7 Å². The average molecular weight is 365 g/mol. The SMILES string of the molecule is CNC(=O)Oc1cccc(NC(=S)N(C)c2cccc3ccccc23)c1. The number of fused-ring (bicyclic) bond motifs is 1. The summed E-state index contributed by atoms with van der Waals surface area (Å²) < 4.78 is 5.14. The average Bonchev–Trinajstić information content (AvgIpc) is 2.67. The van der Waals surface area contributed by atoms with Crippen LogP contribution in [0.2, 0.25) is 0 Å². The molecule has 2 N–H and O–H groups in total. The molecule has 3 aromatic carbocycles. The number of thiocarbonyl (C=S) groups is 1. The van der Waals surface area contributed by atoms with Gasteiger partial charge in [-0.15, -0.1) is 0 Å². The standard InChI is InChI=1S/C20H19N3O2S/c1-21-20(24)25-16-10-6-9-15(13-16)22-19(26)23(2)18-12-5-8-14-7-3-4-11-17(14)18/h3-13H,1-2H3,(H,21,24)(H,22,26). The second-order valence-electron chi connectivity index (χ2n) is 5.65. The molecule has 0 radical (unpaired) electrons. The van der Waals surface area contributed by atoms with E-state index in [1.807, 2.05) is 42.3 Å². The molecule has 0 fully saturated rings. The second kappa shape index (κ2) is 7.84. The van der Waals surface area contributed by atoms with Crippen LogP contribution in [0.4, 0.5) is 16.2 Å². The summed E-state index contributed by atoms with van der Waals surface area (Å²) in [4.78, 5) is 13.3. The maximum absolute atomic E-state index is 11.3. The van der Waals surface area contributed by atoms with E-state index in [1.165, 1.54) is 7.05 Å². The molecule has 3 aromatic rings. The Hall–Kier alpha value is -3.12. The van der Waals surface area contributed by atoms with Crippen LogP contribution < -0.4 is 20.3 Å². The van der Waals surface area contributed by atoms with Gasteiger partial charge in [0.2, 0.25) is 0 Å². The number of nitrogens with zero attached hydrogens (tertiary/aromatic N) is 1. The molecule has 6 heteroatoms. The largest absolute Gasteiger partial charge is 0.412 e. The summed E-state index contributed by atoms with van der Waals surface area (Å²) >= 11 is 5.55. The summed E-state index contributed by atoms with van der Waals surface area (Å²) in [6, 6.07) is 21.4. The zero-order valence-electron chi connectivity index (χ0n) is 14.5. The Bertz CT molecular complexity index is 953. The third-order valence-electron chi connectivity index (χ3n) is 3.93. The lowest BCUT2D eigenvalue weighted by Crippen LogP contribution is -2.31. The first-order valence-electron chi connectivity index (χ1n) is 8.10. The molecule has 132 valence electrons. The van der Waals surface area contributed by atoms with Crippen LogP contribution in [0.25, 0.3) is 10.8 Å². The molecule has 1 amide bonds. The number of rotatable bonds is 3. The van der Waals surface area contributed by atoms with Gasteiger partial charge in [0, 0.05) is 31.2 Å². The van der Waals surface area contributed by atoms with Crippen molar-refractivity contribution >= 4 is 45.6 Å². The van der Waals surface area contributed by atoms with Crippen LogP contribution in [0.5, 0.6) is 5.75 Å². The van der Waals surface area contributed by atoms with Crippen LogP contribution in [0.3, 0.4) is 0 Å². The van der Waals surface area contributed by atoms with Crippen molar-refractivity contribution in [2.75, 3.05) is 24.3 Å². The number of anilines is 2. The van der Waals surface area contributed by atoms with Gasteiger partial charge in [0.1, 0.15) is 5.75 Å². The molecule has 0 bridgehead atoms. The molecule has 0 saturated heterocycles. The van der Waals surface area contributed by atoms with Gasteiger partial charge in [-0.3, -0.25) is 0 Å². The van der Waals surface area contributed by atoms with Gasteiger partial charge in [-0.1, -0.05) is 42.5 Å². The third-order valence-corrected chi connectivity index (χ3v) is 4.31. The van der Waals surface area contributed by atoms with Crippen molar-refractivity contribution in [2.24, 2.45) is 0 Å². The molecular formula is C20H19N3O2S. The predicted molar refractivity (Wildman–Crippen MR) is 110 cm³/mol. The molecule has 5 nitrogen and oxygen atoms in total. The molecule has 0 aliphatic carbocycles. The van der Waals surface area contributed by atoms with E-state index in [4.69, 9.17) is 17.0 Å². The number of ether oxygens (including phenoxy) is 1. The first-order chi connectivity index (χ1) is 12.6. The molecule has 0 saturated carbocycles. The number of benzene rings is 3. The smallest absolute Gasteiger partial charge is 0.410 e. The van der Waals surface area contributed by atoms with E-state index >= 15 is 0 Å². The van der Waals surface area contributed by atoms with Gasteiger partial charge >= 0.3 is 6.09 Å². The van der Waals surface area contributed by atoms with Gasteiger partial charge in [-0.2, -0.15) is 0 Å². The van der Waals surface area contributed by atoms with Crippen molar-refractivity contribution in [1.29, 1.82) is 0 Å². The minimum atomic E-state index is -0.516. The number of carbonyl (C=O) groups excluding carboxylic acids is 1. The number of nitrogens with one attached hydrogen (secondary N) is 2. The van der Waals surface area contributed by atoms with Crippen LogP contribution >= 0.6 is 12.2 Å². The van der Waals surface area contributed by atoms with Gasteiger partial charge in [0.25, 0.3) is 0 Å². The highest BCUT2D eigenvalue weighted by molar-refractivity contribution is 7.80. The van der Waals surface area contributed by atoms with E-state index in [0.29, 0.717) is 10.9 Å². The van der Waals surface area contributed by atoms with Crippen LogP contribution in [0.1, 0.15) is 0 Å². The maximum Gasteiger partial charge on any atom is 0.412 e. The van der Waals surface area contributed by atoms with E-state index in [0.717, 1.165) is 22.1 Å². The van der Waals surface area contributed by atoms with Crippen LogP contribution in [-0.2, 0) is 0 Å². The summed E-state index contributed by atoms with van der Waals surface area (Å²) in [5.41, 5.74) is 1.75. The van der Waals surface area contributed by atoms with Crippen molar-refractivity contribution < 1.29 is 9.53 Å². The zero-order chi connectivity index (χ0) is 18.5. The topological polar surface area (TPSA) is 53.6 Å². The molecule has 0 spiro atoms. The van der Waals surface area contributed by atoms with Crippen molar-refractivity contribution in [3.63, 3.8) is 0 Å². The lowest BCUT2D eigenvalue weighted by atomic mass is 10.1. The van der Waals surface area contributed by atoms with E-state index in [9.17, 15) is 4.79 Å². The molecule has 0 unspecified atom stereocenters. The van der Waals surface area contributed by atoms with Crippen LogP contribution in [-0.4, -0.2) is 25.3 Å². The van der Waals surface area contributed by atoms with E-state index in [-0.39, 0.29) is 0 Å². The van der Waals surface area contributed by atoms with Crippen molar-refractivity contribution in [1.82, 2.24) is 5.32 Å². The van der Waals surface area contributed by atoms with Crippen molar-refractivity contribution in [3.8, 4) is 5.75 Å². The molecule has 0 aromatic heterocycles. The monoisotopic (exact) mass is 365 g/mol. The minimum absolute atomic E-state index is 0.435. The highest BCUT2D eigenvalue weighted by Crippen LogP contribution is 2.26. The number of hydrogen-bond acceptors (Lipinski definition) is 3. The van der Waals surface area contributed by atoms with Gasteiger partial charge in [0.15, 0.2) is 5.11 Å². The van der Waals surface area contributed by atoms with Gasteiger partial charge < -0.3 is 20.3 Å². The number of carbonyl (C=O) groups is 1. The fraction of sp³-hybridized carbons (Fsp3) is 0.100. The molecule has 26 heavy (non-hydrogen) atoms. The third kappa shape index (κ3) is 3.92. The Morgan fingerprint density at radius 3 is 2.58 bits per heavy atom. The zero-order valence-corrected chi connectivity index (χ0v) is 15.3. The fourth-order valence-corrected chi connectivity index (χ4v) is 2.83. The Morgan fingerprint density at radius 1 is 1.04 bits per heavy atom. The first kappa shape index (κ1) is 17.7. The Balaban J connectivity index is 1.79. The fourth-order valence-electron chi connectivity index (χ4n) is 2.61. The summed E-state index contributed by atoms with van der Waals surface area (Å²) in [5, 5.41) is 8.41. The lowest BCUT2D eigenvalue weighted by molar-refractivity contribution is 0.203. The number of amides is 1. The minimum Gasteiger partial charge on any atom is -0.410 e. The second-order valence-corrected chi connectivity index (χ2v) is 6.04. The highest BCUT2D eigenvalue weighted by Gasteiger charge is 2.11. The maximum atomic E-state index is 11.3. The molecule has 0 aliphatic heterocycles. The Labute approximate surface area is 157 Å². The number of hydrogen-bond donors (Lipinski definition) is 2.